The molecule has 3 aromatic heterocycles. The van der Waals surface area contributed by atoms with Crippen LogP contribution in [0.4, 0.5) is 8.78 Å². The van der Waals surface area contributed by atoms with Crippen molar-refractivity contribution in [3.8, 4) is 28.6 Å². The fourth-order valence-corrected chi connectivity index (χ4v) is 4.01. The summed E-state index contributed by atoms with van der Waals surface area (Å²) >= 11 is 5.83. The standard InChI is InChI=1S/C22H18ClF2N5O4.C2H6/c1-33-18-5-15(2-3-17(18)34-11-21(32)9-22(24,25)10-21)29-12-28-30-8-13(4-16(30)20(29)31)19-26-6-14(23)7-27-19;1-2/h2-8,12,32H,9-11H2,1H3;1-2H3. The van der Waals surface area contributed by atoms with Crippen LogP contribution in [0.3, 0.4) is 0 Å². The molecule has 0 atom stereocenters. The maximum absolute atomic E-state index is 13.1. The minimum atomic E-state index is -2.88. The Hall–Kier alpha value is -3.57. The van der Waals surface area contributed by atoms with E-state index in [0.29, 0.717) is 27.6 Å². The van der Waals surface area contributed by atoms with Crippen LogP contribution in [-0.2, 0) is 0 Å². The predicted octanol–water partition coefficient (Wildman–Crippen LogP) is 4.17. The SMILES string of the molecule is CC.COc1cc(-n2cnn3cc(-c4ncc(Cl)cn4)cc3c2=O)ccc1OCC1(O)CC(F)(F)C1. The minimum Gasteiger partial charge on any atom is -0.493 e. The van der Waals surface area contributed by atoms with Crippen molar-refractivity contribution >= 4 is 17.1 Å². The highest BCUT2D eigenvalue weighted by molar-refractivity contribution is 6.30. The van der Waals surface area contributed by atoms with Crippen molar-refractivity contribution in [1.29, 1.82) is 0 Å². The van der Waals surface area contributed by atoms with Gasteiger partial charge < -0.3 is 14.6 Å². The third kappa shape index (κ3) is 5.02. The van der Waals surface area contributed by atoms with Crippen LogP contribution in [0.15, 0.2) is 54.0 Å². The summed E-state index contributed by atoms with van der Waals surface area (Å²) in [5.74, 6) is -1.96. The molecule has 0 saturated heterocycles. The number of hydrogen-bond donors (Lipinski definition) is 1. The van der Waals surface area contributed by atoms with Crippen molar-refractivity contribution in [3.05, 3.63) is 64.6 Å². The van der Waals surface area contributed by atoms with Gasteiger partial charge in [0.2, 0.25) is 0 Å². The molecule has 12 heteroatoms. The topological polar surface area (TPSA) is 104 Å². The van der Waals surface area contributed by atoms with Gasteiger partial charge in [-0.1, -0.05) is 25.4 Å². The fourth-order valence-electron chi connectivity index (χ4n) is 3.91. The van der Waals surface area contributed by atoms with E-state index in [2.05, 4.69) is 15.1 Å². The number of methoxy groups -OCH3 is 1. The number of hydrogen-bond acceptors (Lipinski definition) is 7. The Morgan fingerprint density at radius 2 is 1.83 bits per heavy atom. The summed E-state index contributed by atoms with van der Waals surface area (Å²) < 4.78 is 39.9. The molecular weight excluding hydrogens is 496 g/mol. The summed E-state index contributed by atoms with van der Waals surface area (Å²) in [5.41, 5.74) is -0.594. The van der Waals surface area contributed by atoms with Crippen LogP contribution in [0.1, 0.15) is 26.7 Å². The molecule has 0 radical (unpaired) electrons. The molecule has 0 bridgehead atoms. The van der Waals surface area contributed by atoms with Crippen LogP contribution in [0, 0.1) is 0 Å². The minimum absolute atomic E-state index is 0.252. The van der Waals surface area contributed by atoms with Gasteiger partial charge in [-0.15, -0.1) is 0 Å². The first kappa shape index (κ1) is 25.5. The Bertz CT molecular complexity index is 1430. The number of fused-ring (bicyclic) bond motifs is 1. The second kappa shape index (κ2) is 9.82. The van der Waals surface area contributed by atoms with E-state index in [-0.39, 0.29) is 23.7 Å². The lowest BCUT2D eigenvalue weighted by molar-refractivity contribution is -0.215. The molecule has 36 heavy (non-hydrogen) atoms. The van der Waals surface area contributed by atoms with Crippen LogP contribution < -0.4 is 15.0 Å². The third-order valence-corrected chi connectivity index (χ3v) is 5.70. The number of aliphatic hydroxyl groups is 1. The van der Waals surface area contributed by atoms with Gasteiger partial charge in [0.1, 0.15) is 24.1 Å². The van der Waals surface area contributed by atoms with Crippen LogP contribution in [0.2, 0.25) is 5.02 Å². The highest BCUT2D eigenvalue weighted by Gasteiger charge is 2.56. The van der Waals surface area contributed by atoms with Gasteiger partial charge >= 0.3 is 0 Å². The van der Waals surface area contributed by atoms with Gasteiger partial charge in [0.25, 0.3) is 11.5 Å². The molecule has 1 N–H and O–H groups in total. The smallest absolute Gasteiger partial charge is 0.282 e. The number of alkyl halides is 2. The summed E-state index contributed by atoms with van der Waals surface area (Å²) in [4.78, 5) is 21.5. The molecule has 9 nitrogen and oxygen atoms in total. The monoisotopic (exact) mass is 519 g/mol. The quantitative estimate of drug-likeness (QED) is 0.408. The van der Waals surface area contributed by atoms with Gasteiger partial charge in [-0.2, -0.15) is 5.10 Å². The molecule has 0 spiro atoms. The first-order valence-corrected chi connectivity index (χ1v) is 11.5. The number of benzene rings is 1. The summed E-state index contributed by atoms with van der Waals surface area (Å²) in [5, 5.41) is 14.8. The van der Waals surface area contributed by atoms with Crippen molar-refractivity contribution in [2.75, 3.05) is 13.7 Å². The molecular formula is C24H24ClF2N5O4. The maximum Gasteiger partial charge on any atom is 0.282 e. The lowest BCUT2D eigenvalue weighted by Crippen LogP contribution is -2.55. The van der Waals surface area contributed by atoms with Gasteiger partial charge in [0.15, 0.2) is 17.3 Å². The van der Waals surface area contributed by atoms with E-state index >= 15 is 0 Å². The third-order valence-electron chi connectivity index (χ3n) is 5.51. The van der Waals surface area contributed by atoms with Crippen molar-refractivity contribution in [1.82, 2.24) is 24.1 Å². The Kier molecular flexibility index (Phi) is 6.96. The van der Waals surface area contributed by atoms with Crippen LogP contribution in [0.25, 0.3) is 22.6 Å². The zero-order chi connectivity index (χ0) is 26.1. The summed E-state index contributed by atoms with van der Waals surface area (Å²) in [6.45, 7) is 3.70. The normalized spacial score (nSPS) is 15.5. The van der Waals surface area contributed by atoms with Crippen molar-refractivity contribution in [3.63, 3.8) is 0 Å². The van der Waals surface area contributed by atoms with Crippen LogP contribution >= 0.6 is 11.6 Å². The molecule has 1 aliphatic carbocycles. The summed E-state index contributed by atoms with van der Waals surface area (Å²) in [6.07, 6.45) is 4.61. The van der Waals surface area contributed by atoms with Gasteiger partial charge in [-0.25, -0.2) is 23.3 Å². The predicted molar refractivity (Wildman–Crippen MR) is 129 cm³/mol. The van der Waals surface area contributed by atoms with E-state index in [4.69, 9.17) is 21.1 Å². The second-order valence-electron chi connectivity index (χ2n) is 8.15. The molecule has 5 rings (SSSR count). The number of rotatable bonds is 6. The molecule has 190 valence electrons. The van der Waals surface area contributed by atoms with Crippen LogP contribution in [-0.4, -0.2) is 54.5 Å². The average Bonchev–Trinajstić information content (AvgIpc) is 3.29. The van der Waals surface area contributed by atoms with Gasteiger partial charge in [0, 0.05) is 43.1 Å². The van der Waals surface area contributed by atoms with Crippen LogP contribution in [0.5, 0.6) is 11.5 Å². The van der Waals surface area contributed by atoms with E-state index in [1.807, 2.05) is 13.8 Å². The highest BCUT2D eigenvalue weighted by Crippen LogP contribution is 2.46. The number of halogens is 3. The average molecular weight is 520 g/mol. The molecule has 1 aliphatic rings. The van der Waals surface area contributed by atoms with E-state index < -0.39 is 24.4 Å². The first-order chi connectivity index (χ1) is 17.2. The molecule has 0 unspecified atom stereocenters. The van der Waals surface area contributed by atoms with E-state index in [9.17, 15) is 18.7 Å². The number of nitrogens with zero attached hydrogens (tertiary/aromatic N) is 5. The molecule has 0 amide bonds. The van der Waals surface area contributed by atoms with Crippen molar-refractivity contribution in [2.45, 2.75) is 38.2 Å². The van der Waals surface area contributed by atoms with Crippen molar-refractivity contribution in [2.24, 2.45) is 0 Å². The number of aromatic nitrogens is 5. The molecule has 1 aromatic carbocycles. The Morgan fingerprint density at radius 1 is 1.14 bits per heavy atom. The first-order valence-electron chi connectivity index (χ1n) is 11.2. The Morgan fingerprint density at radius 3 is 2.47 bits per heavy atom. The van der Waals surface area contributed by atoms with E-state index in [1.165, 1.54) is 41.0 Å². The highest BCUT2D eigenvalue weighted by atomic mass is 35.5. The maximum atomic E-state index is 13.1. The molecule has 4 aromatic rings. The fraction of sp³-hybridized carbons (Fsp3) is 0.333. The number of ether oxygens (including phenoxy) is 2. The Labute approximate surface area is 209 Å². The van der Waals surface area contributed by atoms with Crippen molar-refractivity contribution < 1.29 is 23.4 Å². The molecule has 3 heterocycles. The Balaban J connectivity index is 0.00000148. The van der Waals surface area contributed by atoms with Gasteiger partial charge in [-0.3, -0.25) is 9.36 Å². The zero-order valence-electron chi connectivity index (χ0n) is 19.8. The van der Waals surface area contributed by atoms with E-state index in [0.717, 1.165) is 0 Å². The molecule has 0 aliphatic heterocycles. The lowest BCUT2D eigenvalue weighted by atomic mass is 9.77. The second-order valence-corrected chi connectivity index (χ2v) is 8.58. The zero-order valence-corrected chi connectivity index (χ0v) is 20.5. The lowest BCUT2D eigenvalue weighted by Gasteiger charge is -2.42. The summed E-state index contributed by atoms with van der Waals surface area (Å²) in [7, 11) is 1.41. The van der Waals surface area contributed by atoms with Gasteiger partial charge in [-0.05, 0) is 18.2 Å². The summed E-state index contributed by atoms with van der Waals surface area (Å²) in [6, 6.07) is 6.32. The van der Waals surface area contributed by atoms with E-state index in [1.54, 1.807) is 24.4 Å². The van der Waals surface area contributed by atoms with Gasteiger partial charge in [0.05, 0.1) is 17.8 Å². The molecule has 1 saturated carbocycles. The molecule has 1 fully saturated rings. The largest absolute Gasteiger partial charge is 0.493 e.